The van der Waals surface area contributed by atoms with E-state index in [1.165, 1.54) is 0 Å². The quantitative estimate of drug-likeness (QED) is 0.887. The van der Waals surface area contributed by atoms with Crippen LogP contribution in [0.2, 0.25) is 0 Å². The van der Waals surface area contributed by atoms with Crippen molar-refractivity contribution in [2.45, 2.75) is 25.8 Å². The molecule has 1 saturated heterocycles. The minimum atomic E-state index is 0.0459. The van der Waals surface area contributed by atoms with Gasteiger partial charge in [-0.3, -0.25) is 14.6 Å². The van der Waals surface area contributed by atoms with Crippen LogP contribution in [0.15, 0.2) is 18.6 Å². The fourth-order valence-corrected chi connectivity index (χ4v) is 2.70. The van der Waals surface area contributed by atoms with Gasteiger partial charge >= 0.3 is 0 Å². The Hall–Kier alpha value is -2.11. The van der Waals surface area contributed by atoms with Crippen LogP contribution in [-0.2, 0) is 7.05 Å². The molecule has 0 radical (unpaired) electrons. The Labute approximate surface area is 111 Å². The summed E-state index contributed by atoms with van der Waals surface area (Å²) in [5.74, 6) is 0.0459. The molecule has 0 saturated carbocycles. The lowest BCUT2D eigenvalue weighted by Gasteiger charge is -2.23. The molecule has 1 N–H and O–H groups in total. The largest absolute Gasteiger partial charge is 0.330 e. The summed E-state index contributed by atoms with van der Waals surface area (Å²) in [6.07, 6.45) is 7.19. The van der Waals surface area contributed by atoms with Crippen LogP contribution in [0.25, 0.3) is 0 Å². The van der Waals surface area contributed by atoms with Gasteiger partial charge in [-0.05, 0) is 25.3 Å². The number of likely N-dealkylation sites (tertiary alicyclic amines) is 1. The standard InChI is InChI=1S/C13H17N5O/c1-9-6-14-16-12(9)11-4-3-5-18(11)13(19)10-7-15-17(2)8-10/h6-8,11H,3-5H2,1-2H3,(H,14,16). The first-order chi connectivity index (χ1) is 9.16. The number of aromatic nitrogens is 4. The third kappa shape index (κ3) is 2.03. The van der Waals surface area contributed by atoms with E-state index in [1.54, 1.807) is 23.3 Å². The highest BCUT2D eigenvalue weighted by atomic mass is 16.2. The van der Waals surface area contributed by atoms with Crippen molar-refractivity contribution in [1.82, 2.24) is 24.9 Å². The predicted molar refractivity (Wildman–Crippen MR) is 69.5 cm³/mol. The summed E-state index contributed by atoms with van der Waals surface area (Å²) in [6.45, 7) is 2.81. The normalized spacial score (nSPS) is 19.1. The van der Waals surface area contributed by atoms with E-state index >= 15 is 0 Å². The molecule has 1 fully saturated rings. The molecule has 0 aromatic carbocycles. The first kappa shape index (κ1) is 12.0. The number of rotatable bonds is 2. The van der Waals surface area contributed by atoms with E-state index in [4.69, 9.17) is 0 Å². The average Bonchev–Trinajstić information content (AvgIpc) is 3.07. The summed E-state index contributed by atoms with van der Waals surface area (Å²) in [6, 6.07) is 0.107. The van der Waals surface area contributed by atoms with Gasteiger partial charge in [-0.15, -0.1) is 0 Å². The molecule has 1 amide bonds. The second-order valence-corrected chi connectivity index (χ2v) is 5.03. The first-order valence-corrected chi connectivity index (χ1v) is 6.46. The number of aryl methyl sites for hydroxylation is 2. The van der Waals surface area contributed by atoms with E-state index in [9.17, 15) is 4.79 Å². The molecule has 100 valence electrons. The summed E-state index contributed by atoms with van der Waals surface area (Å²) in [7, 11) is 1.82. The van der Waals surface area contributed by atoms with Crippen molar-refractivity contribution in [3.63, 3.8) is 0 Å². The highest BCUT2D eigenvalue weighted by Gasteiger charge is 2.32. The topological polar surface area (TPSA) is 66.8 Å². The van der Waals surface area contributed by atoms with Crippen LogP contribution in [0.1, 0.15) is 40.5 Å². The van der Waals surface area contributed by atoms with Crippen LogP contribution in [0.5, 0.6) is 0 Å². The summed E-state index contributed by atoms with van der Waals surface area (Å²) in [4.78, 5) is 14.4. The Morgan fingerprint density at radius 2 is 2.32 bits per heavy atom. The zero-order valence-electron chi connectivity index (χ0n) is 11.1. The monoisotopic (exact) mass is 259 g/mol. The third-order valence-corrected chi connectivity index (χ3v) is 3.67. The van der Waals surface area contributed by atoms with E-state index < -0.39 is 0 Å². The van der Waals surface area contributed by atoms with Gasteiger partial charge in [0.1, 0.15) is 0 Å². The molecule has 3 rings (SSSR count). The molecule has 1 atom stereocenters. The number of hydrogen-bond donors (Lipinski definition) is 1. The lowest BCUT2D eigenvalue weighted by molar-refractivity contribution is 0.0732. The summed E-state index contributed by atoms with van der Waals surface area (Å²) < 4.78 is 1.65. The van der Waals surface area contributed by atoms with Crippen molar-refractivity contribution in [3.8, 4) is 0 Å². The predicted octanol–water partition coefficient (Wildman–Crippen LogP) is 1.43. The fourth-order valence-electron chi connectivity index (χ4n) is 2.70. The molecule has 19 heavy (non-hydrogen) atoms. The number of carbonyl (C=O) groups excluding carboxylic acids is 1. The molecule has 6 heteroatoms. The van der Waals surface area contributed by atoms with Gasteiger partial charge in [-0.1, -0.05) is 0 Å². The summed E-state index contributed by atoms with van der Waals surface area (Å²) in [5, 5.41) is 11.1. The number of amides is 1. The second kappa shape index (κ2) is 4.53. The van der Waals surface area contributed by atoms with Crippen molar-refractivity contribution in [2.75, 3.05) is 6.54 Å². The van der Waals surface area contributed by atoms with Crippen LogP contribution < -0.4 is 0 Å². The zero-order chi connectivity index (χ0) is 13.4. The Balaban J connectivity index is 1.88. The van der Waals surface area contributed by atoms with Crippen LogP contribution in [0, 0.1) is 6.92 Å². The minimum Gasteiger partial charge on any atom is -0.330 e. The molecule has 3 heterocycles. The number of hydrogen-bond acceptors (Lipinski definition) is 3. The maximum atomic E-state index is 12.5. The molecule has 0 spiro atoms. The highest BCUT2D eigenvalue weighted by molar-refractivity contribution is 5.94. The lowest BCUT2D eigenvalue weighted by atomic mass is 10.1. The van der Waals surface area contributed by atoms with Crippen molar-refractivity contribution in [3.05, 3.63) is 35.4 Å². The number of aromatic amines is 1. The smallest absolute Gasteiger partial charge is 0.257 e. The van der Waals surface area contributed by atoms with Gasteiger partial charge in [-0.25, -0.2) is 0 Å². The number of carbonyl (C=O) groups is 1. The molecular weight excluding hydrogens is 242 g/mol. The number of nitrogens with zero attached hydrogens (tertiary/aromatic N) is 4. The highest BCUT2D eigenvalue weighted by Crippen LogP contribution is 2.33. The Bertz CT molecular complexity index is 600. The molecule has 1 aliphatic heterocycles. The van der Waals surface area contributed by atoms with Crippen LogP contribution in [-0.4, -0.2) is 37.3 Å². The van der Waals surface area contributed by atoms with Gasteiger partial charge in [0.2, 0.25) is 0 Å². The van der Waals surface area contributed by atoms with E-state index in [2.05, 4.69) is 15.3 Å². The van der Waals surface area contributed by atoms with Gasteiger partial charge in [-0.2, -0.15) is 10.2 Å². The van der Waals surface area contributed by atoms with Gasteiger partial charge in [0.05, 0.1) is 29.7 Å². The number of nitrogens with one attached hydrogen (secondary N) is 1. The zero-order valence-corrected chi connectivity index (χ0v) is 11.1. The Morgan fingerprint density at radius 1 is 1.47 bits per heavy atom. The van der Waals surface area contributed by atoms with Crippen molar-refractivity contribution >= 4 is 5.91 Å². The Kier molecular flexibility index (Phi) is 2.85. The lowest BCUT2D eigenvalue weighted by Crippen LogP contribution is -2.30. The van der Waals surface area contributed by atoms with Crippen LogP contribution in [0.4, 0.5) is 0 Å². The van der Waals surface area contributed by atoms with E-state index in [-0.39, 0.29) is 11.9 Å². The average molecular weight is 259 g/mol. The fraction of sp³-hybridized carbons (Fsp3) is 0.462. The van der Waals surface area contributed by atoms with Gasteiger partial charge in [0, 0.05) is 19.8 Å². The van der Waals surface area contributed by atoms with Gasteiger partial charge < -0.3 is 4.90 Å². The summed E-state index contributed by atoms with van der Waals surface area (Å²) in [5.41, 5.74) is 2.80. The molecule has 2 aromatic heterocycles. The molecule has 1 aliphatic rings. The summed E-state index contributed by atoms with van der Waals surface area (Å²) >= 11 is 0. The molecule has 2 aromatic rings. The van der Waals surface area contributed by atoms with E-state index in [1.807, 2.05) is 18.9 Å². The molecule has 0 bridgehead atoms. The maximum absolute atomic E-state index is 12.5. The number of H-pyrrole nitrogens is 1. The maximum Gasteiger partial charge on any atom is 0.257 e. The molecule has 6 nitrogen and oxygen atoms in total. The Morgan fingerprint density at radius 3 is 2.95 bits per heavy atom. The first-order valence-electron chi connectivity index (χ1n) is 6.46. The second-order valence-electron chi connectivity index (χ2n) is 5.03. The van der Waals surface area contributed by atoms with Gasteiger partial charge in [0.25, 0.3) is 5.91 Å². The molecule has 1 unspecified atom stereocenters. The van der Waals surface area contributed by atoms with Crippen LogP contribution in [0.3, 0.4) is 0 Å². The van der Waals surface area contributed by atoms with Crippen molar-refractivity contribution < 1.29 is 4.79 Å². The van der Waals surface area contributed by atoms with Crippen molar-refractivity contribution in [2.24, 2.45) is 7.05 Å². The van der Waals surface area contributed by atoms with Gasteiger partial charge in [0.15, 0.2) is 0 Å². The van der Waals surface area contributed by atoms with Crippen LogP contribution >= 0.6 is 0 Å². The minimum absolute atomic E-state index is 0.0459. The van der Waals surface area contributed by atoms with E-state index in [0.29, 0.717) is 5.56 Å². The molecular formula is C13H17N5O. The SMILES string of the molecule is Cc1cn[nH]c1C1CCCN1C(=O)c1cnn(C)c1. The van der Waals surface area contributed by atoms with Crippen molar-refractivity contribution in [1.29, 1.82) is 0 Å². The molecule has 0 aliphatic carbocycles. The third-order valence-electron chi connectivity index (χ3n) is 3.67. The van der Waals surface area contributed by atoms with E-state index in [0.717, 1.165) is 30.6 Å².